The third-order valence-electron chi connectivity index (χ3n) is 1.50. The highest BCUT2D eigenvalue weighted by atomic mass is 35.5. The molecule has 0 radical (unpaired) electrons. The Balaban J connectivity index is -0.000000605. The van der Waals surface area contributed by atoms with Crippen molar-refractivity contribution in [1.82, 2.24) is 10.6 Å². The van der Waals surface area contributed by atoms with E-state index in [0.29, 0.717) is 13.1 Å². The van der Waals surface area contributed by atoms with Crippen LogP contribution in [0.3, 0.4) is 0 Å². The molecule has 0 aromatic rings. The van der Waals surface area contributed by atoms with Crippen molar-refractivity contribution in [3.05, 3.63) is 0 Å². The van der Waals surface area contributed by atoms with Crippen molar-refractivity contribution < 1.29 is 5.11 Å². The van der Waals surface area contributed by atoms with Crippen LogP contribution >= 0.6 is 24.8 Å². The number of likely N-dealkylation sites (N-methyl/N-ethyl adjacent to an activating group) is 1. The fraction of sp³-hybridized carbons (Fsp3) is 1.00. The second-order valence-corrected chi connectivity index (χ2v) is 4.09. The van der Waals surface area contributed by atoms with Crippen LogP contribution in [0.5, 0.6) is 0 Å². The summed E-state index contributed by atoms with van der Waals surface area (Å²) in [7, 11) is 0. The van der Waals surface area contributed by atoms with Crippen LogP contribution in [0.15, 0.2) is 0 Å². The maximum Gasteiger partial charge on any atom is 0.0788 e. The molecular formula is C9H24Cl2N2O. The highest BCUT2D eigenvalue weighted by molar-refractivity contribution is 5.85. The molecule has 1 unspecified atom stereocenters. The van der Waals surface area contributed by atoms with Gasteiger partial charge in [-0.2, -0.15) is 0 Å². The number of hydrogen-bond acceptors (Lipinski definition) is 3. The van der Waals surface area contributed by atoms with Crippen molar-refractivity contribution in [3.8, 4) is 0 Å². The Bertz CT molecular complexity index is 118. The largest absolute Gasteiger partial charge is 0.390 e. The van der Waals surface area contributed by atoms with E-state index >= 15 is 0 Å². The number of rotatable bonds is 5. The molecule has 1 atom stereocenters. The topological polar surface area (TPSA) is 44.3 Å². The average molecular weight is 247 g/mol. The summed E-state index contributed by atoms with van der Waals surface area (Å²) in [6, 6.07) is 0. The van der Waals surface area contributed by atoms with Crippen LogP contribution in [0.25, 0.3) is 0 Å². The van der Waals surface area contributed by atoms with Gasteiger partial charge in [0.05, 0.1) is 6.10 Å². The first-order valence-corrected chi connectivity index (χ1v) is 4.59. The first-order chi connectivity index (χ1) is 5.45. The lowest BCUT2D eigenvalue weighted by atomic mass is 10.1. The predicted molar refractivity (Wildman–Crippen MR) is 66.8 cm³/mol. The van der Waals surface area contributed by atoms with Crippen LogP contribution in [-0.2, 0) is 0 Å². The summed E-state index contributed by atoms with van der Waals surface area (Å²) in [4.78, 5) is 0. The Labute approximate surface area is 99.9 Å². The summed E-state index contributed by atoms with van der Waals surface area (Å²) in [5.41, 5.74) is 0.0905. The van der Waals surface area contributed by atoms with Crippen molar-refractivity contribution in [3.63, 3.8) is 0 Å². The maximum absolute atomic E-state index is 9.42. The van der Waals surface area contributed by atoms with Gasteiger partial charge in [-0.25, -0.2) is 0 Å². The van der Waals surface area contributed by atoms with Gasteiger partial charge >= 0.3 is 0 Å². The molecule has 0 saturated carbocycles. The Kier molecular flexibility index (Phi) is 14.2. The second-order valence-electron chi connectivity index (χ2n) is 4.09. The van der Waals surface area contributed by atoms with Gasteiger partial charge in [-0.1, -0.05) is 6.92 Å². The maximum atomic E-state index is 9.42. The number of hydrogen-bond donors (Lipinski definition) is 3. The molecule has 3 N–H and O–H groups in total. The molecule has 90 valence electrons. The SMILES string of the molecule is CCNCC(O)CNC(C)(C)C.Cl.Cl. The molecule has 0 bridgehead atoms. The van der Waals surface area contributed by atoms with E-state index < -0.39 is 0 Å². The fourth-order valence-electron chi connectivity index (χ4n) is 0.807. The van der Waals surface area contributed by atoms with Crippen molar-refractivity contribution >= 4 is 24.8 Å². The normalized spacial score (nSPS) is 12.6. The van der Waals surface area contributed by atoms with Gasteiger partial charge in [0, 0.05) is 18.6 Å². The minimum atomic E-state index is -0.288. The van der Waals surface area contributed by atoms with Crippen LogP contribution in [0.4, 0.5) is 0 Å². The third kappa shape index (κ3) is 15.0. The van der Waals surface area contributed by atoms with E-state index in [4.69, 9.17) is 0 Å². The third-order valence-corrected chi connectivity index (χ3v) is 1.50. The second kappa shape index (κ2) is 9.99. The van der Waals surface area contributed by atoms with Crippen molar-refractivity contribution in [2.45, 2.75) is 39.3 Å². The zero-order valence-corrected chi connectivity index (χ0v) is 11.1. The van der Waals surface area contributed by atoms with E-state index in [2.05, 4.69) is 31.4 Å². The molecule has 0 heterocycles. The van der Waals surface area contributed by atoms with Gasteiger partial charge in [0.15, 0.2) is 0 Å². The van der Waals surface area contributed by atoms with E-state index in [9.17, 15) is 5.11 Å². The molecule has 3 nitrogen and oxygen atoms in total. The van der Waals surface area contributed by atoms with E-state index in [1.807, 2.05) is 6.92 Å². The summed E-state index contributed by atoms with van der Waals surface area (Å²) >= 11 is 0. The first kappa shape index (κ1) is 19.9. The molecule has 0 aliphatic carbocycles. The minimum absolute atomic E-state index is 0. The highest BCUT2D eigenvalue weighted by Crippen LogP contribution is 1.97. The molecule has 0 amide bonds. The van der Waals surface area contributed by atoms with Gasteiger partial charge in [-0.3, -0.25) is 0 Å². The lowest BCUT2D eigenvalue weighted by Gasteiger charge is -2.22. The van der Waals surface area contributed by atoms with Gasteiger partial charge in [0.1, 0.15) is 0 Å². The predicted octanol–water partition coefficient (Wildman–Crippen LogP) is 1.19. The van der Waals surface area contributed by atoms with Crippen molar-refractivity contribution in [2.24, 2.45) is 0 Å². The number of β-amino-alcohol motifs (C(OH)–C–C–N with tert-alkyl or cyclic N) is 1. The van der Waals surface area contributed by atoms with Crippen molar-refractivity contribution in [2.75, 3.05) is 19.6 Å². The molecule has 0 saturated heterocycles. The Morgan fingerprint density at radius 1 is 1.14 bits per heavy atom. The zero-order valence-electron chi connectivity index (χ0n) is 9.46. The minimum Gasteiger partial charge on any atom is -0.390 e. The summed E-state index contributed by atoms with van der Waals surface area (Å²) in [6.07, 6.45) is -0.288. The summed E-state index contributed by atoms with van der Waals surface area (Å²) in [5.74, 6) is 0. The standard InChI is InChI=1S/C9H22N2O.2ClH/c1-5-10-6-8(12)7-11-9(2,3)4;;/h8,10-12H,5-7H2,1-4H3;2*1H. The van der Waals surface area contributed by atoms with E-state index in [1.165, 1.54) is 0 Å². The first-order valence-electron chi connectivity index (χ1n) is 4.59. The monoisotopic (exact) mass is 246 g/mol. The van der Waals surface area contributed by atoms with Crippen molar-refractivity contribution in [1.29, 1.82) is 0 Å². The van der Waals surface area contributed by atoms with Gasteiger partial charge in [0.2, 0.25) is 0 Å². The van der Waals surface area contributed by atoms with Crippen LogP contribution in [-0.4, -0.2) is 36.4 Å². The lowest BCUT2D eigenvalue weighted by molar-refractivity contribution is 0.159. The number of halogens is 2. The molecule has 0 spiro atoms. The quantitative estimate of drug-likeness (QED) is 0.683. The van der Waals surface area contributed by atoms with E-state index in [-0.39, 0.29) is 36.5 Å². The molecule has 5 heteroatoms. The summed E-state index contributed by atoms with van der Waals surface area (Å²) in [5, 5.41) is 15.8. The van der Waals surface area contributed by atoms with Crippen LogP contribution in [0.2, 0.25) is 0 Å². The van der Waals surface area contributed by atoms with E-state index in [1.54, 1.807) is 0 Å². The molecule has 0 aliphatic rings. The molecule has 14 heavy (non-hydrogen) atoms. The molecule has 0 rings (SSSR count). The molecule has 0 aromatic carbocycles. The van der Waals surface area contributed by atoms with Gasteiger partial charge < -0.3 is 15.7 Å². The average Bonchev–Trinajstić information content (AvgIpc) is 1.95. The van der Waals surface area contributed by atoms with Gasteiger partial charge in [0.25, 0.3) is 0 Å². The molecular weight excluding hydrogens is 223 g/mol. The fourth-order valence-corrected chi connectivity index (χ4v) is 0.807. The summed E-state index contributed by atoms with van der Waals surface area (Å²) < 4.78 is 0. The lowest BCUT2D eigenvalue weighted by Crippen LogP contribution is -2.43. The van der Waals surface area contributed by atoms with E-state index in [0.717, 1.165) is 6.54 Å². The van der Waals surface area contributed by atoms with Gasteiger partial charge in [-0.15, -0.1) is 24.8 Å². The van der Waals surface area contributed by atoms with Crippen LogP contribution < -0.4 is 10.6 Å². The van der Waals surface area contributed by atoms with Crippen LogP contribution in [0.1, 0.15) is 27.7 Å². The number of aliphatic hydroxyl groups is 1. The Morgan fingerprint density at radius 2 is 1.64 bits per heavy atom. The van der Waals surface area contributed by atoms with Crippen LogP contribution in [0, 0.1) is 0 Å². The number of nitrogens with one attached hydrogen (secondary N) is 2. The zero-order chi connectivity index (χ0) is 9.61. The number of aliphatic hydroxyl groups excluding tert-OH is 1. The summed E-state index contributed by atoms with van der Waals surface area (Å²) in [6.45, 7) is 10.5. The molecule has 0 fully saturated rings. The Morgan fingerprint density at radius 3 is 2.00 bits per heavy atom. The smallest absolute Gasteiger partial charge is 0.0788 e. The van der Waals surface area contributed by atoms with Gasteiger partial charge in [-0.05, 0) is 27.3 Å². The highest BCUT2D eigenvalue weighted by Gasteiger charge is 2.11. The molecule has 0 aliphatic heterocycles. The Hall–Kier alpha value is 0.460. The molecule has 0 aromatic heterocycles.